The highest BCUT2D eigenvalue weighted by molar-refractivity contribution is 5.90. The summed E-state index contributed by atoms with van der Waals surface area (Å²) in [5.41, 5.74) is 3.69. The first-order valence-corrected chi connectivity index (χ1v) is 7.09. The van der Waals surface area contributed by atoms with E-state index in [4.69, 9.17) is 4.74 Å². The van der Waals surface area contributed by atoms with Gasteiger partial charge in [0.2, 0.25) is 0 Å². The molecule has 2 rings (SSSR count). The maximum absolute atomic E-state index is 11.6. The molecule has 0 unspecified atom stereocenters. The van der Waals surface area contributed by atoms with Crippen LogP contribution in [0.3, 0.4) is 0 Å². The van der Waals surface area contributed by atoms with Gasteiger partial charge < -0.3 is 10.1 Å². The molecule has 5 nitrogen and oxygen atoms in total. The van der Waals surface area contributed by atoms with E-state index in [0.29, 0.717) is 12.1 Å². The number of anilines is 1. The van der Waals surface area contributed by atoms with Crippen LogP contribution in [0.5, 0.6) is 0 Å². The minimum atomic E-state index is -0.325. The summed E-state index contributed by atoms with van der Waals surface area (Å²) in [5, 5.41) is 7.67. The van der Waals surface area contributed by atoms with Crippen molar-refractivity contribution in [3.63, 3.8) is 0 Å². The number of nitrogens with one attached hydrogen (secondary N) is 1. The summed E-state index contributed by atoms with van der Waals surface area (Å²) >= 11 is 0. The number of rotatable bonds is 6. The largest absolute Gasteiger partial charge is 0.465 e. The molecule has 0 atom stereocenters. The number of nitrogens with zero attached hydrogens (tertiary/aromatic N) is 2. The zero-order valence-corrected chi connectivity index (χ0v) is 12.7. The van der Waals surface area contributed by atoms with Gasteiger partial charge in [0.15, 0.2) is 0 Å². The van der Waals surface area contributed by atoms with Crippen molar-refractivity contribution in [2.24, 2.45) is 0 Å². The van der Waals surface area contributed by atoms with E-state index in [1.165, 1.54) is 7.11 Å². The average Bonchev–Trinajstić information content (AvgIpc) is 2.93. The normalized spacial score (nSPS) is 10.4. The minimum absolute atomic E-state index is 0.325. The van der Waals surface area contributed by atoms with Crippen molar-refractivity contribution < 1.29 is 9.53 Å². The molecule has 1 heterocycles. The van der Waals surface area contributed by atoms with Gasteiger partial charge in [0.1, 0.15) is 0 Å². The fourth-order valence-corrected chi connectivity index (χ4v) is 2.17. The summed E-state index contributed by atoms with van der Waals surface area (Å²) < 4.78 is 6.74. The van der Waals surface area contributed by atoms with Crippen LogP contribution < -0.4 is 5.32 Å². The summed E-state index contributed by atoms with van der Waals surface area (Å²) in [4.78, 5) is 11.6. The Balaban J connectivity index is 2.12. The fourth-order valence-electron chi connectivity index (χ4n) is 2.17. The van der Waals surface area contributed by atoms with Gasteiger partial charge in [-0.05, 0) is 37.1 Å². The molecule has 1 N–H and O–H groups in total. The Labute approximate surface area is 124 Å². The lowest BCUT2D eigenvalue weighted by Crippen LogP contribution is -2.10. The van der Waals surface area contributed by atoms with E-state index in [0.717, 1.165) is 29.9 Å². The summed E-state index contributed by atoms with van der Waals surface area (Å²) in [5.74, 6) is -0.325. The van der Waals surface area contributed by atoms with E-state index in [1.807, 2.05) is 36.0 Å². The molecular formula is C16H21N3O2. The third-order valence-electron chi connectivity index (χ3n) is 3.36. The molecule has 2 aromatic rings. The SMILES string of the molecule is CCCn1nccc1CNc1cc(C(=O)OC)ccc1C. The highest BCUT2D eigenvalue weighted by Gasteiger charge is 2.08. The highest BCUT2D eigenvalue weighted by Crippen LogP contribution is 2.18. The highest BCUT2D eigenvalue weighted by atomic mass is 16.5. The lowest BCUT2D eigenvalue weighted by molar-refractivity contribution is 0.0601. The Hall–Kier alpha value is -2.30. The topological polar surface area (TPSA) is 56.2 Å². The lowest BCUT2D eigenvalue weighted by Gasteiger charge is -2.12. The van der Waals surface area contributed by atoms with Crippen molar-refractivity contribution in [1.82, 2.24) is 9.78 Å². The summed E-state index contributed by atoms with van der Waals surface area (Å²) in [7, 11) is 1.39. The second-order valence-corrected chi connectivity index (χ2v) is 4.92. The van der Waals surface area contributed by atoms with Gasteiger partial charge >= 0.3 is 5.97 Å². The number of methoxy groups -OCH3 is 1. The minimum Gasteiger partial charge on any atom is -0.465 e. The molecule has 112 valence electrons. The quantitative estimate of drug-likeness (QED) is 0.830. The molecule has 0 aliphatic carbocycles. The number of hydrogen-bond donors (Lipinski definition) is 1. The second kappa shape index (κ2) is 6.92. The Kier molecular flexibility index (Phi) is 4.98. The van der Waals surface area contributed by atoms with Crippen molar-refractivity contribution in [1.29, 1.82) is 0 Å². The van der Waals surface area contributed by atoms with Gasteiger partial charge in [-0.2, -0.15) is 5.10 Å². The zero-order valence-electron chi connectivity index (χ0n) is 12.7. The molecule has 0 amide bonds. The third-order valence-corrected chi connectivity index (χ3v) is 3.36. The maximum Gasteiger partial charge on any atom is 0.337 e. The molecule has 5 heteroatoms. The van der Waals surface area contributed by atoms with Gasteiger partial charge in [-0.15, -0.1) is 0 Å². The molecule has 0 radical (unpaired) electrons. The lowest BCUT2D eigenvalue weighted by atomic mass is 10.1. The van der Waals surface area contributed by atoms with Crippen molar-refractivity contribution in [3.8, 4) is 0 Å². The Morgan fingerprint density at radius 3 is 2.90 bits per heavy atom. The van der Waals surface area contributed by atoms with Crippen molar-refractivity contribution in [2.45, 2.75) is 33.4 Å². The molecular weight excluding hydrogens is 266 g/mol. The molecule has 0 aliphatic heterocycles. The molecule has 1 aromatic carbocycles. The maximum atomic E-state index is 11.6. The number of carbonyl (C=O) groups excluding carboxylic acids is 1. The number of aromatic nitrogens is 2. The Morgan fingerprint density at radius 1 is 1.38 bits per heavy atom. The number of hydrogen-bond acceptors (Lipinski definition) is 4. The zero-order chi connectivity index (χ0) is 15.2. The molecule has 0 bridgehead atoms. The molecule has 1 aromatic heterocycles. The predicted octanol–water partition coefficient (Wildman–Crippen LogP) is 3.00. The van der Waals surface area contributed by atoms with Gasteiger partial charge in [0, 0.05) is 18.4 Å². The average molecular weight is 287 g/mol. The van der Waals surface area contributed by atoms with E-state index in [-0.39, 0.29) is 5.97 Å². The standard InChI is InChI=1S/C16H21N3O2/c1-4-9-19-14(7-8-18-19)11-17-15-10-13(16(20)21-3)6-5-12(15)2/h5-8,10,17H,4,9,11H2,1-3H3. The van der Waals surface area contributed by atoms with Gasteiger partial charge in [-0.25, -0.2) is 4.79 Å². The van der Waals surface area contributed by atoms with Crippen molar-refractivity contribution >= 4 is 11.7 Å². The van der Waals surface area contributed by atoms with E-state index in [1.54, 1.807) is 6.07 Å². The Bertz CT molecular complexity index is 620. The number of esters is 1. The van der Waals surface area contributed by atoms with E-state index in [2.05, 4.69) is 17.3 Å². The Morgan fingerprint density at radius 2 is 2.19 bits per heavy atom. The second-order valence-electron chi connectivity index (χ2n) is 4.92. The van der Waals surface area contributed by atoms with Crippen LogP contribution in [0.15, 0.2) is 30.5 Å². The van der Waals surface area contributed by atoms with E-state index < -0.39 is 0 Å². The molecule has 0 spiro atoms. The number of ether oxygens (including phenoxy) is 1. The van der Waals surface area contributed by atoms with Gasteiger partial charge in [-0.3, -0.25) is 4.68 Å². The molecule has 21 heavy (non-hydrogen) atoms. The predicted molar refractivity (Wildman–Crippen MR) is 82.4 cm³/mol. The van der Waals surface area contributed by atoms with Crippen molar-refractivity contribution in [2.75, 3.05) is 12.4 Å². The molecule has 0 saturated heterocycles. The number of benzene rings is 1. The van der Waals surface area contributed by atoms with Gasteiger partial charge in [-0.1, -0.05) is 13.0 Å². The molecule has 0 aliphatic rings. The van der Waals surface area contributed by atoms with Crippen LogP contribution in [0.25, 0.3) is 0 Å². The van der Waals surface area contributed by atoms with Crippen LogP contribution in [0.4, 0.5) is 5.69 Å². The third kappa shape index (κ3) is 3.62. The number of aryl methyl sites for hydroxylation is 2. The summed E-state index contributed by atoms with van der Waals surface area (Å²) in [6.07, 6.45) is 2.86. The molecule has 0 saturated carbocycles. The van der Waals surface area contributed by atoms with Crippen molar-refractivity contribution in [3.05, 3.63) is 47.3 Å². The van der Waals surface area contributed by atoms with E-state index in [9.17, 15) is 4.79 Å². The smallest absolute Gasteiger partial charge is 0.337 e. The van der Waals surface area contributed by atoms with Crippen LogP contribution in [-0.2, 0) is 17.8 Å². The first kappa shape index (κ1) is 15.1. The van der Waals surface area contributed by atoms with E-state index >= 15 is 0 Å². The monoisotopic (exact) mass is 287 g/mol. The first-order chi connectivity index (χ1) is 10.2. The number of carbonyl (C=O) groups is 1. The van der Waals surface area contributed by atoms with Gasteiger partial charge in [0.25, 0.3) is 0 Å². The van der Waals surface area contributed by atoms with Crippen LogP contribution in [0, 0.1) is 6.92 Å². The molecule has 0 fully saturated rings. The fraction of sp³-hybridized carbons (Fsp3) is 0.375. The summed E-state index contributed by atoms with van der Waals surface area (Å²) in [6, 6.07) is 7.51. The van der Waals surface area contributed by atoms with Crippen LogP contribution in [0.1, 0.15) is 35.0 Å². The summed E-state index contributed by atoms with van der Waals surface area (Å²) in [6.45, 7) is 5.71. The first-order valence-electron chi connectivity index (χ1n) is 7.09. The van der Waals surface area contributed by atoms with Gasteiger partial charge in [0.05, 0.1) is 24.9 Å². The van der Waals surface area contributed by atoms with Crippen LogP contribution >= 0.6 is 0 Å². The van der Waals surface area contributed by atoms with Crippen LogP contribution in [-0.4, -0.2) is 22.9 Å². The van der Waals surface area contributed by atoms with Crippen LogP contribution in [0.2, 0.25) is 0 Å².